The number of thioether (sulfide) groups is 1. The Labute approximate surface area is 169 Å². The Morgan fingerprint density at radius 1 is 1.21 bits per heavy atom. The summed E-state index contributed by atoms with van der Waals surface area (Å²) in [5, 5.41) is 2.69. The second-order valence-electron chi connectivity index (χ2n) is 6.12. The molecule has 0 saturated heterocycles. The molecule has 1 aromatic carbocycles. The third-order valence-corrected chi connectivity index (χ3v) is 6.76. The van der Waals surface area contributed by atoms with Gasteiger partial charge in [0.2, 0.25) is 5.91 Å². The van der Waals surface area contributed by atoms with E-state index < -0.39 is 27.0 Å². The minimum Gasteiger partial charge on any atom is -0.431 e. The molecular weight excluding hydrogens is 420 g/mol. The molecule has 0 aliphatic carbocycles. The number of amides is 1. The van der Waals surface area contributed by atoms with Crippen LogP contribution >= 0.6 is 11.8 Å². The summed E-state index contributed by atoms with van der Waals surface area (Å²) in [5.74, 6) is -0.495. The van der Waals surface area contributed by atoms with Gasteiger partial charge in [0, 0.05) is 20.2 Å². The van der Waals surface area contributed by atoms with Gasteiger partial charge in [0.1, 0.15) is 11.3 Å². The molecule has 0 bridgehead atoms. The molecule has 3 aromatic rings. The second kappa shape index (κ2) is 7.87. The third kappa shape index (κ3) is 4.27. The van der Waals surface area contributed by atoms with Gasteiger partial charge in [-0.2, -0.15) is 0 Å². The highest BCUT2D eigenvalue weighted by Gasteiger charge is 2.16. The number of sulfone groups is 1. The van der Waals surface area contributed by atoms with Crippen molar-refractivity contribution in [2.75, 3.05) is 16.8 Å². The molecule has 1 amide bonds. The number of fused-ring (bicyclic) bond motifs is 1. The highest BCUT2D eigenvalue weighted by molar-refractivity contribution is 7.99. The Bertz CT molecular complexity index is 1320. The van der Waals surface area contributed by atoms with Crippen LogP contribution < -0.4 is 16.6 Å². The maximum absolute atomic E-state index is 12.2. The first-order valence-electron chi connectivity index (χ1n) is 8.45. The monoisotopic (exact) mass is 438 g/mol. The molecule has 0 unspecified atom stereocenters. The van der Waals surface area contributed by atoms with Crippen molar-refractivity contribution in [3.05, 3.63) is 45.1 Å². The molecule has 0 spiro atoms. The molecule has 10 nitrogen and oxygen atoms in total. The first-order valence-corrected chi connectivity index (χ1v) is 11.1. The predicted octanol–water partition coefficient (Wildman–Crippen LogP) is 0.750. The van der Waals surface area contributed by atoms with Crippen LogP contribution in [0.5, 0.6) is 0 Å². The summed E-state index contributed by atoms with van der Waals surface area (Å²) in [7, 11) is -0.581. The summed E-state index contributed by atoms with van der Waals surface area (Å²) in [6.45, 7) is 1.56. The van der Waals surface area contributed by atoms with Gasteiger partial charge in [0.25, 0.3) is 10.8 Å². The Balaban J connectivity index is 1.73. The molecule has 2 heterocycles. The van der Waals surface area contributed by atoms with Gasteiger partial charge in [-0.15, -0.1) is 0 Å². The third-order valence-electron chi connectivity index (χ3n) is 4.20. The highest BCUT2D eigenvalue weighted by Crippen LogP contribution is 2.26. The molecule has 1 N–H and O–H groups in total. The molecule has 12 heteroatoms. The highest BCUT2D eigenvalue weighted by atomic mass is 32.2. The van der Waals surface area contributed by atoms with Gasteiger partial charge in [0.15, 0.2) is 15.4 Å². The molecule has 0 saturated carbocycles. The van der Waals surface area contributed by atoms with Crippen molar-refractivity contribution in [3.63, 3.8) is 0 Å². The van der Waals surface area contributed by atoms with Crippen LogP contribution in [0.15, 0.2) is 48.4 Å². The van der Waals surface area contributed by atoms with Gasteiger partial charge >= 0.3 is 5.69 Å². The van der Waals surface area contributed by atoms with Crippen molar-refractivity contribution < 1.29 is 17.6 Å². The summed E-state index contributed by atoms with van der Waals surface area (Å²) in [6.07, 6.45) is 0. The zero-order valence-electron chi connectivity index (χ0n) is 15.8. The molecule has 29 heavy (non-hydrogen) atoms. The van der Waals surface area contributed by atoms with E-state index in [9.17, 15) is 22.8 Å². The molecule has 0 aliphatic rings. The lowest BCUT2D eigenvalue weighted by Crippen LogP contribution is -2.38. The normalized spacial score (nSPS) is 11.7. The van der Waals surface area contributed by atoms with E-state index in [0.29, 0.717) is 11.1 Å². The standard InChI is InChI=1S/C17H18N4O6S2/c1-4-29(25,26)10-5-6-12-11(7-10)18-16(27-12)28-9-14(22)19-13-8-15(23)21(3)17(24)20(13)2/h5-8H,4,9H2,1-3H3,(H,19,22). The number of aromatic nitrogens is 3. The number of rotatable bonds is 6. The number of carbonyl (C=O) groups is 1. The number of oxazole rings is 1. The van der Waals surface area contributed by atoms with Crippen LogP contribution in [0.3, 0.4) is 0 Å². The molecule has 0 atom stereocenters. The maximum atomic E-state index is 12.2. The van der Waals surface area contributed by atoms with Crippen molar-refractivity contribution in [1.29, 1.82) is 0 Å². The van der Waals surface area contributed by atoms with Gasteiger partial charge in [-0.05, 0) is 18.2 Å². The summed E-state index contributed by atoms with van der Waals surface area (Å²) >= 11 is 1.00. The van der Waals surface area contributed by atoms with E-state index in [2.05, 4.69) is 10.3 Å². The quantitative estimate of drug-likeness (QED) is 0.558. The van der Waals surface area contributed by atoms with Crippen LogP contribution in [-0.2, 0) is 28.7 Å². The number of anilines is 1. The lowest BCUT2D eigenvalue weighted by atomic mass is 10.3. The van der Waals surface area contributed by atoms with E-state index in [1.165, 1.54) is 32.3 Å². The Hall–Kier alpha value is -2.86. The minimum absolute atomic E-state index is 0.0246. The first kappa shape index (κ1) is 20.9. The summed E-state index contributed by atoms with van der Waals surface area (Å²) in [4.78, 5) is 40.1. The molecule has 0 radical (unpaired) electrons. The van der Waals surface area contributed by atoms with Gasteiger partial charge < -0.3 is 9.73 Å². The van der Waals surface area contributed by atoms with E-state index in [1.807, 2.05) is 0 Å². The van der Waals surface area contributed by atoms with E-state index in [4.69, 9.17) is 4.42 Å². The van der Waals surface area contributed by atoms with Gasteiger partial charge in [-0.3, -0.25) is 18.7 Å². The number of hydrogen-bond acceptors (Lipinski definition) is 8. The van der Waals surface area contributed by atoms with Crippen LogP contribution in [0.25, 0.3) is 11.1 Å². The van der Waals surface area contributed by atoms with Gasteiger partial charge in [0.05, 0.1) is 16.4 Å². The zero-order chi connectivity index (χ0) is 21.3. The van der Waals surface area contributed by atoms with Crippen LogP contribution in [0, 0.1) is 0 Å². The van der Waals surface area contributed by atoms with Crippen LogP contribution in [0.1, 0.15) is 6.92 Å². The van der Waals surface area contributed by atoms with E-state index in [-0.39, 0.29) is 27.4 Å². The maximum Gasteiger partial charge on any atom is 0.332 e. The van der Waals surface area contributed by atoms with Crippen molar-refractivity contribution in [1.82, 2.24) is 14.1 Å². The molecular formula is C17H18N4O6S2. The largest absolute Gasteiger partial charge is 0.431 e. The fourth-order valence-corrected chi connectivity index (χ4v) is 4.01. The number of benzene rings is 1. The average Bonchev–Trinajstić information content (AvgIpc) is 3.11. The predicted molar refractivity (Wildman–Crippen MR) is 108 cm³/mol. The van der Waals surface area contributed by atoms with Crippen LogP contribution in [0.4, 0.5) is 5.82 Å². The van der Waals surface area contributed by atoms with E-state index >= 15 is 0 Å². The topological polar surface area (TPSA) is 133 Å². The Kier molecular flexibility index (Phi) is 5.66. The second-order valence-corrected chi connectivity index (χ2v) is 9.32. The van der Waals surface area contributed by atoms with E-state index in [1.54, 1.807) is 6.92 Å². The Morgan fingerprint density at radius 3 is 2.62 bits per heavy atom. The lowest BCUT2D eigenvalue weighted by Gasteiger charge is -2.10. The fourth-order valence-electron chi connectivity index (χ4n) is 2.47. The molecule has 2 aromatic heterocycles. The van der Waals surface area contributed by atoms with Crippen molar-refractivity contribution >= 4 is 44.4 Å². The van der Waals surface area contributed by atoms with Crippen LogP contribution in [0.2, 0.25) is 0 Å². The summed E-state index contributed by atoms with van der Waals surface area (Å²) in [5.41, 5.74) is -0.321. The smallest absolute Gasteiger partial charge is 0.332 e. The minimum atomic E-state index is -3.36. The number of hydrogen-bond donors (Lipinski definition) is 1. The molecule has 0 fully saturated rings. The lowest BCUT2D eigenvalue weighted by molar-refractivity contribution is -0.113. The summed E-state index contributed by atoms with van der Waals surface area (Å²) in [6, 6.07) is 5.55. The zero-order valence-corrected chi connectivity index (χ0v) is 17.5. The molecule has 3 rings (SSSR count). The molecule has 0 aliphatic heterocycles. The number of carbonyl (C=O) groups excluding carboxylic acids is 1. The first-order chi connectivity index (χ1) is 13.6. The number of nitrogens with zero attached hydrogens (tertiary/aromatic N) is 3. The van der Waals surface area contributed by atoms with Crippen molar-refractivity contribution in [2.45, 2.75) is 17.0 Å². The van der Waals surface area contributed by atoms with E-state index in [0.717, 1.165) is 27.0 Å². The molecule has 154 valence electrons. The van der Waals surface area contributed by atoms with Crippen molar-refractivity contribution in [2.24, 2.45) is 14.1 Å². The van der Waals surface area contributed by atoms with Crippen LogP contribution in [-0.4, -0.2) is 39.9 Å². The average molecular weight is 438 g/mol. The van der Waals surface area contributed by atoms with Crippen molar-refractivity contribution in [3.8, 4) is 0 Å². The summed E-state index contributed by atoms with van der Waals surface area (Å²) < 4.78 is 31.5. The fraction of sp³-hybridized carbons (Fsp3) is 0.294. The van der Waals surface area contributed by atoms with Gasteiger partial charge in [-0.1, -0.05) is 18.7 Å². The Morgan fingerprint density at radius 2 is 1.93 bits per heavy atom. The van der Waals surface area contributed by atoms with Gasteiger partial charge in [-0.25, -0.2) is 18.2 Å². The number of nitrogens with one attached hydrogen (secondary N) is 1. The SMILES string of the molecule is CCS(=O)(=O)c1ccc2oc(SCC(=O)Nc3cc(=O)n(C)c(=O)n3C)nc2c1.